The van der Waals surface area contributed by atoms with Crippen molar-refractivity contribution in [2.24, 2.45) is 0 Å². The number of rotatable bonds is 9. The van der Waals surface area contributed by atoms with Crippen LogP contribution in [0.4, 0.5) is 5.69 Å². The maximum absolute atomic E-state index is 12.2. The first-order chi connectivity index (χ1) is 13.2. The number of amides is 1. The largest absolute Gasteiger partial charge is 0.482 e. The molecule has 0 spiro atoms. The average molecular weight is 427 g/mol. The molecule has 0 atom stereocenters. The first-order valence-corrected chi connectivity index (χ1v) is 10.4. The Morgan fingerprint density at radius 1 is 1.14 bits per heavy atom. The molecule has 0 saturated heterocycles. The Kier molecular flexibility index (Phi) is 7.82. The zero-order valence-electron chi connectivity index (χ0n) is 15.9. The van der Waals surface area contributed by atoms with E-state index in [4.69, 9.17) is 21.1 Å². The van der Waals surface area contributed by atoms with Gasteiger partial charge in [-0.1, -0.05) is 23.7 Å². The lowest BCUT2D eigenvalue weighted by atomic mass is 10.1. The van der Waals surface area contributed by atoms with Gasteiger partial charge in [-0.2, -0.15) is 0 Å². The minimum absolute atomic E-state index is 0.000732. The average Bonchev–Trinajstić information content (AvgIpc) is 2.63. The third kappa shape index (κ3) is 6.20. The smallest absolute Gasteiger partial charge is 0.262 e. The Bertz CT molecular complexity index is 947. The molecular weight excluding hydrogens is 404 g/mol. The lowest BCUT2D eigenvalue weighted by Crippen LogP contribution is -2.27. The van der Waals surface area contributed by atoms with Gasteiger partial charge in [-0.05, 0) is 49.2 Å². The fraction of sp³-hybridized carbons (Fsp3) is 0.316. The van der Waals surface area contributed by atoms with Gasteiger partial charge in [0.1, 0.15) is 5.75 Å². The van der Waals surface area contributed by atoms with Crippen molar-refractivity contribution in [2.75, 3.05) is 32.2 Å². The molecule has 0 aliphatic carbocycles. The van der Waals surface area contributed by atoms with Crippen LogP contribution in [0, 0.1) is 13.8 Å². The van der Waals surface area contributed by atoms with Gasteiger partial charge in [-0.15, -0.1) is 0 Å². The molecule has 9 heteroatoms. The van der Waals surface area contributed by atoms with Gasteiger partial charge in [0.25, 0.3) is 5.91 Å². The summed E-state index contributed by atoms with van der Waals surface area (Å²) >= 11 is 6.11. The minimum Gasteiger partial charge on any atom is -0.482 e. The molecule has 7 nitrogen and oxygen atoms in total. The van der Waals surface area contributed by atoms with Crippen LogP contribution in [0.15, 0.2) is 41.3 Å². The van der Waals surface area contributed by atoms with E-state index in [0.717, 1.165) is 11.1 Å². The predicted molar refractivity (Wildman–Crippen MR) is 109 cm³/mol. The number of sulfonamides is 1. The van der Waals surface area contributed by atoms with Crippen molar-refractivity contribution in [1.29, 1.82) is 0 Å². The number of carbonyl (C=O) groups excluding carboxylic acids is 1. The van der Waals surface area contributed by atoms with E-state index >= 15 is 0 Å². The van der Waals surface area contributed by atoms with E-state index in [1.807, 2.05) is 32.0 Å². The highest BCUT2D eigenvalue weighted by Crippen LogP contribution is 2.27. The van der Waals surface area contributed by atoms with Gasteiger partial charge in [0, 0.05) is 19.3 Å². The standard InChI is InChI=1S/C19H23ClN2O5S/c1-13-4-5-14(2)17(10-13)22-19(23)12-27-18-7-6-15(11-16(18)20)28(24,25)21-8-9-26-3/h4-7,10-11,21H,8-9,12H2,1-3H3,(H,22,23). The fourth-order valence-corrected chi connectivity index (χ4v) is 3.67. The Morgan fingerprint density at radius 2 is 1.89 bits per heavy atom. The fourth-order valence-electron chi connectivity index (χ4n) is 2.33. The number of carbonyl (C=O) groups is 1. The zero-order chi connectivity index (χ0) is 20.7. The summed E-state index contributed by atoms with van der Waals surface area (Å²) in [5.41, 5.74) is 2.68. The van der Waals surface area contributed by atoms with E-state index < -0.39 is 10.0 Å². The van der Waals surface area contributed by atoms with Crippen molar-refractivity contribution in [3.05, 3.63) is 52.5 Å². The van der Waals surface area contributed by atoms with Crippen molar-refractivity contribution in [2.45, 2.75) is 18.7 Å². The summed E-state index contributed by atoms with van der Waals surface area (Å²) in [5.74, 6) is -0.128. The van der Waals surface area contributed by atoms with Gasteiger partial charge in [0.15, 0.2) is 6.61 Å². The Balaban J connectivity index is 1.99. The summed E-state index contributed by atoms with van der Waals surface area (Å²) in [6.45, 7) is 3.97. The maximum atomic E-state index is 12.2. The summed E-state index contributed by atoms with van der Waals surface area (Å²) in [5, 5.41) is 2.87. The molecule has 0 unspecified atom stereocenters. The second-order valence-corrected chi connectivity index (χ2v) is 8.31. The number of halogens is 1. The highest BCUT2D eigenvalue weighted by molar-refractivity contribution is 7.89. The van der Waals surface area contributed by atoms with Crippen molar-refractivity contribution >= 4 is 33.2 Å². The number of aryl methyl sites for hydroxylation is 2. The van der Waals surface area contributed by atoms with Crippen LogP contribution in [0.2, 0.25) is 5.02 Å². The summed E-state index contributed by atoms with van der Waals surface area (Å²) in [7, 11) is -2.22. The van der Waals surface area contributed by atoms with E-state index in [1.165, 1.54) is 25.3 Å². The zero-order valence-corrected chi connectivity index (χ0v) is 17.5. The first-order valence-electron chi connectivity index (χ1n) is 8.51. The number of nitrogens with one attached hydrogen (secondary N) is 2. The van der Waals surface area contributed by atoms with E-state index in [9.17, 15) is 13.2 Å². The molecule has 0 heterocycles. The van der Waals surface area contributed by atoms with Gasteiger partial charge in [0.2, 0.25) is 10.0 Å². The van der Waals surface area contributed by atoms with Gasteiger partial charge in [0.05, 0.1) is 16.5 Å². The van der Waals surface area contributed by atoms with Crippen molar-refractivity contribution < 1.29 is 22.7 Å². The third-order valence-corrected chi connectivity index (χ3v) is 5.59. The molecule has 152 valence electrons. The minimum atomic E-state index is -3.70. The van der Waals surface area contributed by atoms with Gasteiger partial charge in [-0.25, -0.2) is 13.1 Å². The van der Waals surface area contributed by atoms with Crippen LogP contribution in [0.3, 0.4) is 0 Å². The molecule has 0 radical (unpaired) electrons. The van der Waals surface area contributed by atoms with Gasteiger partial charge < -0.3 is 14.8 Å². The monoisotopic (exact) mass is 426 g/mol. The molecule has 0 fully saturated rings. The lowest BCUT2D eigenvalue weighted by molar-refractivity contribution is -0.118. The number of hydrogen-bond donors (Lipinski definition) is 2. The Labute approximate surface area is 170 Å². The first kappa shape index (κ1) is 22.2. The molecular formula is C19H23ClN2O5S. The predicted octanol–water partition coefficient (Wildman–Crippen LogP) is 2.90. The van der Waals surface area contributed by atoms with Gasteiger partial charge >= 0.3 is 0 Å². The maximum Gasteiger partial charge on any atom is 0.262 e. The molecule has 2 rings (SSSR count). The van der Waals surface area contributed by atoms with Crippen LogP contribution >= 0.6 is 11.6 Å². The number of anilines is 1. The molecule has 0 bridgehead atoms. The summed E-state index contributed by atoms with van der Waals surface area (Å²) in [4.78, 5) is 12.1. The summed E-state index contributed by atoms with van der Waals surface area (Å²) in [6.07, 6.45) is 0. The van der Waals surface area contributed by atoms with Crippen LogP contribution < -0.4 is 14.8 Å². The van der Waals surface area contributed by atoms with Crippen LogP contribution in [0.1, 0.15) is 11.1 Å². The number of hydrogen-bond acceptors (Lipinski definition) is 5. The molecule has 2 aromatic carbocycles. The van der Waals surface area contributed by atoms with Gasteiger partial charge in [-0.3, -0.25) is 4.79 Å². The van der Waals surface area contributed by atoms with Crippen LogP contribution in [-0.4, -0.2) is 41.2 Å². The normalized spacial score (nSPS) is 11.3. The van der Waals surface area contributed by atoms with E-state index in [1.54, 1.807) is 0 Å². The third-order valence-electron chi connectivity index (χ3n) is 3.84. The van der Waals surface area contributed by atoms with Crippen molar-refractivity contribution in [1.82, 2.24) is 4.72 Å². The van der Waals surface area contributed by atoms with Crippen LogP contribution in [-0.2, 0) is 19.6 Å². The van der Waals surface area contributed by atoms with Crippen LogP contribution in [0.25, 0.3) is 0 Å². The lowest BCUT2D eigenvalue weighted by Gasteiger charge is -2.12. The Hall–Kier alpha value is -2.13. The molecule has 2 N–H and O–H groups in total. The molecule has 0 aliphatic rings. The molecule has 0 saturated carbocycles. The number of ether oxygens (including phenoxy) is 2. The second kappa shape index (κ2) is 9.88. The number of methoxy groups -OCH3 is 1. The highest BCUT2D eigenvalue weighted by Gasteiger charge is 2.16. The quantitative estimate of drug-likeness (QED) is 0.601. The topological polar surface area (TPSA) is 93.7 Å². The SMILES string of the molecule is COCCNS(=O)(=O)c1ccc(OCC(=O)Nc2cc(C)ccc2C)c(Cl)c1. The Morgan fingerprint density at radius 3 is 2.57 bits per heavy atom. The van der Waals surface area contributed by atoms with E-state index in [-0.39, 0.29) is 41.3 Å². The molecule has 0 aliphatic heterocycles. The summed E-state index contributed by atoms with van der Waals surface area (Å²) in [6, 6.07) is 9.80. The van der Waals surface area contributed by atoms with Crippen molar-refractivity contribution in [3.63, 3.8) is 0 Å². The van der Waals surface area contributed by atoms with E-state index in [2.05, 4.69) is 10.0 Å². The summed E-state index contributed by atoms with van der Waals surface area (Å²) < 4.78 is 37.0. The van der Waals surface area contributed by atoms with Crippen LogP contribution in [0.5, 0.6) is 5.75 Å². The van der Waals surface area contributed by atoms with Crippen molar-refractivity contribution in [3.8, 4) is 5.75 Å². The molecule has 28 heavy (non-hydrogen) atoms. The molecule has 0 aromatic heterocycles. The second-order valence-electron chi connectivity index (χ2n) is 6.14. The highest BCUT2D eigenvalue weighted by atomic mass is 35.5. The van der Waals surface area contributed by atoms with E-state index in [0.29, 0.717) is 5.69 Å². The molecule has 1 amide bonds. The number of benzene rings is 2. The molecule has 2 aromatic rings.